The van der Waals surface area contributed by atoms with Crippen molar-refractivity contribution < 1.29 is 9.21 Å². The van der Waals surface area contributed by atoms with Crippen LogP contribution in [0.4, 0.5) is 5.88 Å². The van der Waals surface area contributed by atoms with Crippen LogP contribution in [0.25, 0.3) is 22.1 Å². The van der Waals surface area contributed by atoms with E-state index in [1.54, 1.807) is 42.5 Å². The molecule has 0 spiro atoms. The van der Waals surface area contributed by atoms with E-state index in [0.717, 1.165) is 5.56 Å². The van der Waals surface area contributed by atoms with Crippen LogP contribution in [-0.2, 0) is 0 Å². The molecule has 4 nitrogen and oxygen atoms in total. The van der Waals surface area contributed by atoms with Crippen molar-refractivity contribution in [3.8, 4) is 11.1 Å². The largest absolute Gasteiger partial charge is 0.439 e. The molecule has 0 fully saturated rings. The Morgan fingerprint density at radius 1 is 0.897 bits per heavy atom. The highest BCUT2D eigenvalue weighted by Gasteiger charge is 2.19. The Balaban J connectivity index is 1.89. The molecule has 0 saturated carbocycles. The average Bonchev–Trinajstić information content (AvgIpc) is 2.70. The van der Waals surface area contributed by atoms with Crippen molar-refractivity contribution in [3.63, 3.8) is 0 Å². The van der Waals surface area contributed by atoms with Crippen LogP contribution in [0.15, 0.2) is 75.9 Å². The Hall–Kier alpha value is -3.08. The highest BCUT2D eigenvalue weighted by molar-refractivity contribution is 6.31. The van der Waals surface area contributed by atoms with Gasteiger partial charge in [0.1, 0.15) is 5.58 Å². The van der Waals surface area contributed by atoms with Gasteiger partial charge in [0.05, 0.1) is 10.9 Å². The Kier molecular flexibility index (Phi) is 5.14. The topological polar surface area (TPSA) is 59.3 Å². The highest BCUT2D eigenvalue weighted by Crippen LogP contribution is 2.30. The Bertz CT molecular complexity index is 1280. The summed E-state index contributed by atoms with van der Waals surface area (Å²) in [6, 6.07) is 18.6. The van der Waals surface area contributed by atoms with Crippen LogP contribution in [-0.4, -0.2) is 5.91 Å². The fraction of sp³-hybridized carbons (Fsp3) is 0.0435. The van der Waals surface area contributed by atoms with Crippen molar-refractivity contribution in [3.05, 3.63) is 98.1 Å². The van der Waals surface area contributed by atoms with Gasteiger partial charge in [0.25, 0.3) is 5.91 Å². The van der Waals surface area contributed by atoms with E-state index in [9.17, 15) is 9.59 Å². The second-order valence-corrected chi connectivity index (χ2v) is 7.48. The molecule has 4 rings (SSSR count). The molecule has 1 N–H and O–H groups in total. The number of halogens is 2. The number of hydrogen-bond acceptors (Lipinski definition) is 3. The second-order valence-electron chi connectivity index (χ2n) is 6.60. The van der Waals surface area contributed by atoms with Gasteiger partial charge in [0.15, 0.2) is 0 Å². The summed E-state index contributed by atoms with van der Waals surface area (Å²) in [6.07, 6.45) is 0. The van der Waals surface area contributed by atoms with Crippen LogP contribution < -0.4 is 10.7 Å². The zero-order valence-electron chi connectivity index (χ0n) is 15.3. The standard InChI is InChI=1S/C23H15Cl2NO3/c1-13-2-4-14(5-3-13)20-21(27)18-12-17(25)10-11-19(18)29-23(20)26-22(28)15-6-8-16(24)9-7-15/h2-12H,1H3,(H,26,28). The molecule has 6 heteroatoms. The Morgan fingerprint density at radius 3 is 2.24 bits per heavy atom. The number of rotatable bonds is 3. The Labute approximate surface area is 176 Å². The molecule has 1 aromatic heterocycles. The molecule has 0 aliphatic carbocycles. The van der Waals surface area contributed by atoms with Gasteiger partial charge in [0.2, 0.25) is 11.3 Å². The van der Waals surface area contributed by atoms with E-state index in [4.69, 9.17) is 27.6 Å². The van der Waals surface area contributed by atoms with Crippen LogP contribution in [0, 0.1) is 6.92 Å². The molecular weight excluding hydrogens is 409 g/mol. The van der Waals surface area contributed by atoms with Crippen LogP contribution in [0.2, 0.25) is 10.0 Å². The van der Waals surface area contributed by atoms with Crippen molar-refractivity contribution in [2.24, 2.45) is 0 Å². The van der Waals surface area contributed by atoms with E-state index in [0.29, 0.717) is 32.1 Å². The number of amides is 1. The lowest BCUT2D eigenvalue weighted by Crippen LogP contribution is -2.16. The third-order valence-corrected chi connectivity index (χ3v) is 5.01. The molecule has 0 bridgehead atoms. The van der Waals surface area contributed by atoms with Crippen LogP contribution >= 0.6 is 23.2 Å². The van der Waals surface area contributed by atoms with Crippen molar-refractivity contribution in [2.45, 2.75) is 6.92 Å². The summed E-state index contributed by atoms with van der Waals surface area (Å²) < 4.78 is 5.91. The van der Waals surface area contributed by atoms with Gasteiger partial charge in [-0.05, 0) is 55.0 Å². The van der Waals surface area contributed by atoms with E-state index in [2.05, 4.69) is 5.32 Å². The van der Waals surface area contributed by atoms with Crippen molar-refractivity contribution in [1.29, 1.82) is 0 Å². The van der Waals surface area contributed by atoms with E-state index >= 15 is 0 Å². The zero-order valence-corrected chi connectivity index (χ0v) is 16.8. The van der Waals surface area contributed by atoms with Crippen molar-refractivity contribution >= 4 is 46.0 Å². The summed E-state index contributed by atoms with van der Waals surface area (Å²) in [5.74, 6) is -0.333. The summed E-state index contributed by atoms with van der Waals surface area (Å²) in [5.41, 5.74) is 2.40. The van der Waals surface area contributed by atoms with Gasteiger partial charge in [-0.15, -0.1) is 0 Å². The summed E-state index contributed by atoms with van der Waals surface area (Å²) in [7, 11) is 0. The molecule has 0 aliphatic rings. The first kappa shape index (κ1) is 19.2. The SMILES string of the molecule is Cc1ccc(-c2c(NC(=O)c3ccc(Cl)cc3)oc3ccc(Cl)cc3c2=O)cc1. The number of carbonyl (C=O) groups is 1. The van der Waals surface area contributed by atoms with Gasteiger partial charge in [-0.25, -0.2) is 0 Å². The number of carbonyl (C=O) groups excluding carboxylic acids is 1. The van der Waals surface area contributed by atoms with Crippen LogP contribution in [0.1, 0.15) is 15.9 Å². The van der Waals surface area contributed by atoms with E-state index in [1.165, 1.54) is 0 Å². The predicted molar refractivity (Wildman–Crippen MR) is 117 cm³/mol. The van der Waals surface area contributed by atoms with Crippen LogP contribution in [0.5, 0.6) is 0 Å². The maximum atomic E-state index is 13.3. The van der Waals surface area contributed by atoms with Gasteiger partial charge in [-0.1, -0.05) is 53.0 Å². The first-order valence-corrected chi connectivity index (χ1v) is 9.58. The summed E-state index contributed by atoms with van der Waals surface area (Å²) >= 11 is 12.0. The average molecular weight is 424 g/mol. The number of fused-ring (bicyclic) bond motifs is 1. The van der Waals surface area contributed by atoms with E-state index in [-0.39, 0.29) is 16.9 Å². The first-order valence-electron chi connectivity index (χ1n) is 8.83. The normalized spacial score (nSPS) is 10.9. The molecule has 0 unspecified atom stereocenters. The third kappa shape index (κ3) is 3.90. The van der Waals surface area contributed by atoms with Gasteiger partial charge < -0.3 is 4.42 Å². The molecule has 0 radical (unpaired) electrons. The molecule has 144 valence electrons. The fourth-order valence-corrected chi connectivity index (χ4v) is 3.31. The molecule has 1 heterocycles. The first-order chi connectivity index (χ1) is 13.9. The number of nitrogens with one attached hydrogen (secondary N) is 1. The molecule has 0 saturated heterocycles. The number of hydrogen-bond donors (Lipinski definition) is 1. The van der Waals surface area contributed by atoms with Gasteiger partial charge >= 0.3 is 0 Å². The maximum absolute atomic E-state index is 13.3. The molecule has 4 aromatic rings. The molecule has 1 amide bonds. The highest BCUT2D eigenvalue weighted by atomic mass is 35.5. The third-order valence-electron chi connectivity index (χ3n) is 4.53. The quantitative estimate of drug-likeness (QED) is 0.418. The minimum atomic E-state index is -0.411. The molecule has 29 heavy (non-hydrogen) atoms. The monoisotopic (exact) mass is 423 g/mol. The summed E-state index contributed by atoms with van der Waals surface area (Å²) in [6.45, 7) is 1.95. The van der Waals surface area contributed by atoms with Crippen molar-refractivity contribution in [2.75, 3.05) is 5.32 Å². The minimum absolute atomic E-state index is 0.0774. The summed E-state index contributed by atoms with van der Waals surface area (Å²) in [5, 5.41) is 4.02. The molecular formula is C23H15Cl2NO3. The molecule has 3 aromatic carbocycles. The van der Waals surface area contributed by atoms with Gasteiger partial charge in [-0.3, -0.25) is 14.9 Å². The van der Waals surface area contributed by atoms with E-state index < -0.39 is 5.91 Å². The lowest BCUT2D eigenvalue weighted by atomic mass is 10.0. The van der Waals surface area contributed by atoms with Gasteiger partial charge in [-0.2, -0.15) is 0 Å². The molecule has 0 atom stereocenters. The van der Waals surface area contributed by atoms with Crippen LogP contribution in [0.3, 0.4) is 0 Å². The van der Waals surface area contributed by atoms with Gasteiger partial charge in [0, 0.05) is 15.6 Å². The summed E-state index contributed by atoms with van der Waals surface area (Å²) in [4.78, 5) is 26.0. The zero-order chi connectivity index (χ0) is 20.5. The predicted octanol–water partition coefficient (Wildman–Crippen LogP) is 6.33. The maximum Gasteiger partial charge on any atom is 0.257 e. The number of anilines is 1. The smallest absolute Gasteiger partial charge is 0.257 e. The van der Waals surface area contributed by atoms with E-state index in [1.807, 2.05) is 31.2 Å². The second kappa shape index (κ2) is 7.74. The lowest BCUT2D eigenvalue weighted by Gasteiger charge is -2.12. The lowest BCUT2D eigenvalue weighted by molar-refractivity contribution is 0.102. The van der Waals surface area contributed by atoms with Crippen molar-refractivity contribution in [1.82, 2.24) is 0 Å². The molecule has 0 aliphatic heterocycles. The number of benzene rings is 3. The Morgan fingerprint density at radius 2 is 1.55 bits per heavy atom. The minimum Gasteiger partial charge on any atom is -0.439 e. The number of aryl methyl sites for hydroxylation is 1. The fourth-order valence-electron chi connectivity index (χ4n) is 3.01.